The zero-order valence-corrected chi connectivity index (χ0v) is 22.2. The quantitative estimate of drug-likeness (QED) is 0.177. The summed E-state index contributed by atoms with van der Waals surface area (Å²) >= 11 is 0. The summed E-state index contributed by atoms with van der Waals surface area (Å²) in [5.41, 5.74) is 9.34. The Morgan fingerprint density at radius 2 is 1.46 bits per heavy atom. The Hall–Kier alpha value is -4.96. The van der Waals surface area contributed by atoms with Crippen LogP contribution in [0, 0.1) is 20.8 Å². The maximum absolute atomic E-state index is 6.40. The van der Waals surface area contributed by atoms with Crippen molar-refractivity contribution in [2.24, 2.45) is 0 Å². The van der Waals surface area contributed by atoms with Crippen LogP contribution >= 0.6 is 0 Å². The molecule has 0 aliphatic carbocycles. The van der Waals surface area contributed by atoms with Gasteiger partial charge in [0.05, 0.1) is 5.52 Å². The Bertz CT molecular complexity index is 2010. The second-order valence-corrected chi connectivity index (χ2v) is 10.2. The van der Waals surface area contributed by atoms with Crippen LogP contribution in [0.5, 0.6) is 11.5 Å². The van der Waals surface area contributed by atoms with Gasteiger partial charge in [0.25, 0.3) is 6.33 Å². The van der Waals surface area contributed by atoms with Crippen molar-refractivity contribution in [3.05, 3.63) is 132 Å². The first-order valence-corrected chi connectivity index (χ1v) is 13.2. The zero-order valence-electron chi connectivity index (χ0n) is 22.2. The van der Waals surface area contributed by atoms with Crippen molar-refractivity contribution in [2.75, 3.05) is 0 Å². The highest BCUT2D eigenvalue weighted by atomic mass is 16.5. The Labute approximate surface area is 227 Å². The first kappa shape index (κ1) is 23.2. The first-order chi connectivity index (χ1) is 19.0. The molecule has 0 saturated heterocycles. The van der Waals surface area contributed by atoms with Gasteiger partial charge in [-0.1, -0.05) is 60.2 Å². The van der Waals surface area contributed by atoms with Crippen LogP contribution in [0.1, 0.15) is 16.7 Å². The summed E-state index contributed by atoms with van der Waals surface area (Å²) in [7, 11) is 0. The fraction of sp³-hybridized carbons (Fsp3) is 0.0857. The molecular weight excluding hydrogens is 478 g/mol. The molecule has 2 aromatic heterocycles. The van der Waals surface area contributed by atoms with E-state index in [0.29, 0.717) is 0 Å². The van der Waals surface area contributed by atoms with E-state index in [2.05, 4.69) is 120 Å². The third kappa shape index (κ3) is 4.02. The van der Waals surface area contributed by atoms with E-state index in [9.17, 15) is 0 Å². The molecule has 7 rings (SSSR count). The van der Waals surface area contributed by atoms with E-state index >= 15 is 0 Å². The summed E-state index contributed by atoms with van der Waals surface area (Å²) in [6.07, 6.45) is 4.02. The maximum atomic E-state index is 6.40. The van der Waals surface area contributed by atoms with E-state index < -0.39 is 0 Å². The highest BCUT2D eigenvalue weighted by Gasteiger charge is 2.21. The number of ether oxygens (including phenoxy) is 1. The molecule has 2 heterocycles. The lowest BCUT2D eigenvalue weighted by Crippen LogP contribution is -2.31. The number of pyridine rings is 1. The minimum atomic E-state index is 0.784. The molecule has 4 nitrogen and oxygen atoms in total. The molecule has 39 heavy (non-hydrogen) atoms. The van der Waals surface area contributed by atoms with Crippen molar-refractivity contribution >= 4 is 32.7 Å². The van der Waals surface area contributed by atoms with Crippen LogP contribution < -0.4 is 9.30 Å². The smallest absolute Gasteiger partial charge is 0.255 e. The molecule has 0 fully saturated rings. The zero-order chi connectivity index (χ0) is 26.5. The number of aryl methyl sites for hydroxylation is 3. The maximum Gasteiger partial charge on any atom is 0.255 e. The molecule has 0 atom stereocenters. The number of para-hydroxylation sites is 2. The highest BCUT2D eigenvalue weighted by molar-refractivity contribution is 6.05. The fourth-order valence-corrected chi connectivity index (χ4v) is 5.79. The molecule has 0 bridgehead atoms. The number of aromatic nitrogens is 3. The van der Waals surface area contributed by atoms with Gasteiger partial charge in [-0.15, -0.1) is 0 Å². The molecule has 5 aromatic carbocycles. The summed E-state index contributed by atoms with van der Waals surface area (Å²) < 4.78 is 10.9. The molecule has 0 N–H and O–H groups in total. The highest BCUT2D eigenvalue weighted by Crippen LogP contribution is 2.31. The van der Waals surface area contributed by atoms with Crippen LogP contribution in [-0.4, -0.2) is 9.55 Å². The van der Waals surface area contributed by atoms with E-state index in [0.717, 1.165) is 49.9 Å². The molecule has 0 unspecified atom stereocenters. The fourth-order valence-electron chi connectivity index (χ4n) is 5.79. The molecule has 4 heteroatoms. The Morgan fingerprint density at radius 1 is 0.692 bits per heavy atom. The second kappa shape index (κ2) is 9.10. The lowest BCUT2D eigenvalue weighted by atomic mass is 10.0. The summed E-state index contributed by atoms with van der Waals surface area (Å²) in [6.45, 7) is 6.52. The summed E-state index contributed by atoms with van der Waals surface area (Å²) in [6, 6.07) is 35.8. The van der Waals surface area contributed by atoms with Gasteiger partial charge in [0.15, 0.2) is 11.0 Å². The summed E-state index contributed by atoms with van der Waals surface area (Å²) in [4.78, 5) is 4.62. The Balaban J connectivity index is 1.31. The van der Waals surface area contributed by atoms with Gasteiger partial charge >= 0.3 is 0 Å². The average Bonchev–Trinajstić information content (AvgIpc) is 3.32. The Kier molecular flexibility index (Phi) is 5.41. The van der Waals surface area contributed by atoms with Crippen molar-refractivity contribution < 1.29 is 9.30 Å². The molecule has 0 saturated carbocycles. The molecule has 0 radical (unpaired) electrons. The number of hydrogen-bond acceptors (Lipinski definition) is 2. The van der Waals surface area contributed by atoms with E-state index in [4.69, 9.17) is 4.74 Å². The molecule has 0 aliphatic heterocycles. The van der Waals surface area contributed by atoms with Gasteiger partial charge in [-0.2, -0.15) is 9.13 Å². The van der Waals surface area contributed by atoms with E-state index in [1.54, 1.807) is 0 Å². The average molecular weight is 507 g/mol. The first-order valence-electron chi connectivity index (χ1n) is 13.2. The van der Waals surface area contributed by atoms with Gasteiger partial charge in [-0.05, 0) is 79.7 Å². The van der Waals surface area contributed by atoms with Gasteiger partial charge in [0.2, 0.25) is 0 Å². The van der Waals surface area contributed by atoms with Crippen molar-refractivity contribution in [2.45, 2.75) is 20.8 Å². The number of hydrogen-bond donors (Lipinski definition) is 0. The normalized spacial score (nSPS) is 11.5. The van der Waals surface area contributed by atoms with Crippen molar-refractivity contribution in [3.63, 3.8) is 0 Å². The van der Waals surface area contributed by atoms with Crippen LogP contribution in [0.15, 0.2) is 116 Å². The van der Waals surface area contributed by atoms with Crippen molar-refractivity contribution in [3.8, 4) is 22.9 Å². The summed E-state index contributed by atoms with van der Waals surface area (Å²) in [5.74, 6) is 1.57. The van der Waals surface area contributed by atoms with Crippen molar-refractivity contribution in [1.29, 1.82) is 0 Å². The van der Waals surface area contributed by atoms with E-state index in [-0.39, 0.29) is 0 Å². The van der Waals surface area contributed by atoms with E-state index in [1.165, 1.54) is 22.4 Å². The lowest BCUT2D eigenvalue weighted by molar-refractivity contribution is -0.568. The van der Waals surface area contributed by atoms with E-state index in [1.807, 2.05) is 30.5 Å². The van der Waals surface area contributed by atoms with Crippen LogP contribution in [0.2, 0.25) is 0 Å². The predicted molar refractivity (Wildman–Crippen MR) is 158 cm³/mol. The van der Waals surface area contributed by atoms with Gasteiger partial charge in [-0.3, -0.25) is 4.98 Å². The van der Waals surface area contributed by atoms with Crippen LogP contribution in [0.4, 0.5) is 0 Å². The largest absolute Gasteiger partial charge is 0.457 e. The van der Waals surface area contributed by atoms with Gasteiger partial charge < -0.3 is 4.74 Å². The number of fused-ring (bicyclic) bond motifs is 4. The summed E-state index contributed by atoms with van der Waals surface area (Å²) in [5, 5.41) is 3.35. The number of rotatable bonds is 4. The molecule has 0 amide bonds. The number of benzene rings is 5. The van der Waals surface area contributed by atoms with Gasteiger partial charge in [0.1, 0.15) is 22.9 Å². The van der Waals surface area contributed by atoms with Crippen LogP contribution in [0.3, 0.4) is 0 Å². The number of imidazole rings is 1. The van der Waals surface area contributed by atoms with Crippen LogP contribution in [-0.2, 0) is 0 Å². The van der Waals surface area contributed by atoms with Gasteiger partial charge in [-0.25, -0.2) is 0 Å². The number of nitrogens with zero attached hydrogens (tertiary/aromatic N) is 3. The SMILES string of the molecule is Cc1cc(C)c(-[n+]2cn(-c3cccc(Oc4ccc5ccc6cccnc6c5c4)c3)c3ccccc32)c(C)c1. The molecule has 0 aliphatic rings. The third-order valence-corrected chi connectivity index (χ3v) is 7.40. The minimum Gasteiger partial charge on any atom is -0.457 e. The van der Waals surface area contributed by atoms with Crippen molar-refractivity contribution in [1.82, 2.24) is 9.55 Å². The minimum absolute atomic E-state index is 0.784. The third-order valence-electron chi connectivity index (χ3n) is 7.40. The predicted octanol–water partition coefficient (Wildman–Crippen LogP) is 8.33. The second-order valence-electron chi connectivity index (χ2n) is 10.2. The lowest BCUT2D eigenvalue weighted by Gasteiger charge is -2.09. The van der Waals surface area contributed by atoms with Gasteiger partial charge in [0, 0.05) is 23.0 Å². The monoisotopic (exact) mass is 506 g/mol. The molecular formula is C35H28N3O+. The molecule has 7 aromatic rings. The standard InChI is InChI=1S/C35H28N3O/c1-23-18-24(2)35(25(3)19-23)38-22-37(32-11-4-5-12-33(32)38)28-9-6-10-29(20-28)39-30-16-15-26-13-14-27-8-7-17-36-34(27)31(26)21-30/h4-22H,1-3H3/q+1. The molecule has 188 valence electrons. The topological polar surface area (TPSA) is 30.9 Å². The Morgan fingerprint density at radius 3 is 2.33 bits per heavy atom. The molecule has 0 spiro atoms. The van der Waals surface area contributed by atoms with Crippen LogP contribution in [0.25, 0.3) is 44.1 Å².